The number of fused-ring (bicyclic) bond motifs is 2. The van der Waals surface area contributed by atoms with Gasteiger partial charge in [0, 0.05) is 17.7 Å². The normalized spacial score (nSPS) is 11.5. The lowest BCUT2D eigenvalue weighted by Gasteiger charge is -2.19. The Morgan fingerprint density at radius 2 is 1.00 bits per heavy atom. The summed E-state index contributed by atoms with van der Waals surface area (Å²) in [7, 11) is 1.19. The molecule has 0 amide bonds. The van der Waals surface area contributed by atoms with Gasteiger partial charge < -0.3 is 4.74 Å². The van der Waals surface area contributed by atoms with Crippen LogP contribution >= 0.6 is 0 Å². The number of halogens is 8. The summed E-state index contributed by atoms with van der Waals surface area (Å²) >= 11 is 0. The molecule has 1 nitrogen and oxygen atoms in total. The van der Waals surface area contributed by atoms with Crippen molar-refractivity contribution in [2.45, 2.75) is 0 Å². The minimum Gasteiger partial charge on any atom is -0.497 e. The van der Waals surface area contributed by atoms with Gasteiger partial charge in [0.05, 0.1) is 12.7 Å². The lowest BCUT2D eigenvalue weighted by molar-refractivity contribution is 0.407. The maximum atomic E-state index is 15.2. The molecule has 5 aromatic carbocycles. The van der Waals surface area contributed by atoms with E-state index in [4.69, 9.17) is 4.74 Å². The van der Waals surface area contributed by atoms with E-state index in [0.717, 1.165) is 30.3 Å². The molecule has 9 heteroatoms. The predicted octanol–water partition coefficient (Wildman–Crippen LogP) is 8.45. The second kappa shape index (κ2) is 8.51. The molecule has 0 saturated carbocycles. The van der Waals surface area contributed by atoms with Crippen LogP contribution < -0.4 is 4.74 Å². The lowest BCUT2D eigenvalue weighted by atomic mass is 9.85. The zero-order chi connectivity index (χ0) is 25.9. The van der Waals surface area contributed by atoms with E-state index < -0.39 is 52.1 Å². The molecule has 36 heavy (non-hydrogen) atoms. The third-order valence-corrected chi connectivity index (χ3v) is 5.89. The second-order valence-corrected chi connectivity index (χ2v) is 7.97. The summed E-state index contributed by atoms with van der Waals surface area (Å²) in [5, 5.41) is -0.667. The van der Waals surface area contributed by atoms with Crippen molar-refractivity contribution in [3.63, 3.8) is 0 Å². The molecule has 0 radical (unpaired) electrons. The minimum atomic E-state index is -1.77. The van der Waals surface area contributed by atoms with E-state index in [9.17, 15) is 26.3 Å². The summed E-state index contributed by atoms with van der Waals surface area (Å²) in [5.41, 5.74) is -1.44. The zero-order valence-electron chi connectivity index (χ0n) is 18.1. The van der Waals surface area contributed by atoms with E-state index in [0.29, 0.717) is 24.3 Å². The molecule has 5 aromatic rings. The number of hydrogen-bond donors (Lipinski definition) is 0. The molecule has 0 bridgehead atoms. The van der Waals surface area contributed by atoms with Gasteiger partial charge in [-0.15, -0.1) is 0 Å². The maximum absolute atomic E-state index is 15.2. The number of methoxy groups -OCH3 is 1. The Morgan fingerprint density at radius 3 is 1.56 bits per heavy atom. The maximum Gasteiger partial charge on any atom is 0.194 e. The monoisotopic (exact) mass is 504 g/mol. The Hall–Kier alpha value is -4.14. The van der Waals surface area contributed by atoms with Crippen LogP contribution in [-0.2, 0) is 0 Å². The molecule has 182 valence electrons. The van der Waals surface area contributed by atoms with Gasteiger partial charge in [-0.1, -0.05) is 6.07 Å². The minimum absolute atomic E-state index is 0.0435. The molecule has 0 spiro atoms. The van der Waals surface area contributed by atoms with E-state index in [2.05, 4.69) is 0 Å². The highest BCUT2D eigenvalue weighted by Crippen LogP contribution is 2.46. The highest BCUT2D eigenvalue weighted by molar-refractivity contribution is 6.21. The first-order valence-corrected chi connectivity index (χ1v) is 10.3. The summed E-state index contributed by atoms with van der Waals surface area (Å²) in [4.78, 5) is 0. The van der Waals surface area contributed by atoms with Crippen molar-refractivity contribution in [2.24, 2.45) is 0 Å². The van der Waals surface area contributed by atoms with Gasteiger partial charge in [-0.25, -0.2) is 35.1 Å². The van der Waals surface area contributed by atoms with E-state index >= 15 is 8.78 Å². The number of benzene rings is 5. The molecule has 0 unspecified atom stereocenters. The molecule has 0 fully saturated rings. The van der Waals surface area contributed by atoms with Crippen molar-refractivity contribution in [2.75, 3.05) is 7.11 Å². The van der Waals surface area contributed by atoms with Crippen LogP contribution in [0.3, 0.4) is 0 Å². The fourth-order valence-corrected chi connectivity index (χ4v) is 4.38. The third-order valence-electron chi connectivity index (χ3n) is 5.89. The highest BCUT2D eigenvalue weighted by Gasteiger charge is 2.25. The van der Waals surface area contributed by atoms with Gasteiger partial charge in [-0.3, -0.25) is 0 Å². The molecule has 5 rings (SSSR count). The smallest absolute Gasteiger partial charge is 0.194 e. The first-order valence-electron chi connectivity index (χ1n) is 10.3. The molecule has 0 heterocycles. The average molecular weight is 504 g/mol. The zero-order valence-corrected chi connectivity index (χ0v) is 18.1. The second-order valence-electron chi connectivity index (χ2n) is 7.97. The summed E-state index contributed by atoms with van der Waals surface area (Å²) in [6.07, 6.45) is 0. The van der Waals surface area contributed by atoms with Crippen molar-refractivity contribution >= 4 is 21.5 Å². The first-order chi connectivity index (χ1) is 17.1. The highest BCUT2D eigenvalue weighted by atomic mass is 19.2. The SMILES string of the molecule is COc1cc(F)c(-c2c3ccc(F)cc3c(-c3cc(F)c(F)c(F)c3)c3cc(F)c(F)cc23)c(F)c1. The summed E-state index contributed by atoms with van der Waals surface area (Å²) in [6.45, 7) is 0. The molecule has 0 atom stereocenters. The van der Waals surface area contributed by atoms with Crippen LogP contribution in [-0.4, -0.2) is 7.11 Å². The van der Waals surface area contributed by atoms with E-state index in [1.165, 1.54) is 7.11 Å². The van der Waals surface area contributed by atoms with Crippen molar-refractivity contribution in [1.82, 2.24) is 0 Å². The molecular formula is C27H12F8O. The van der Waals surface area contributed by atoms with Crippen molar-refractivity contribution in [1.29, 1.82) is 0 Å². The average Bonchev–Trinajstić information content (AvgIpc) is 2.82. The molecule has 0 aliphatic rings. The largest absolute Gasteiger partial charge is 0.497 e. The number of hydrogen-bond acceptors (Lipinski definition) is 1. The van der Waals surface area contributed by atoms with Crippen molar-refractivity contribution in [3.05, 3.63) is 101 Å². The molecule has 0 aliphatic carbocycles. The Labute approximate surface area is 198 Å². The first kappa shape index (κ1) is 23.6. The van der Waals surface area contributed by atoms with E-state index in [-0.39, 0.29) is 44.0 Å². The van der Waals surface area contributed by atoms with Gasteiger partial charge in [-0.05, 0) is 69.1 Å². The summed E-state index contributed by atoms with van der Waals surface area (Å²) in [6, 6.07) is 7.30. The quantitative estimate of drug-likeness (QED) is 0.136. The van der Waals surface area contributed by atoms with Crippen LogP contribution in [0.2, 0.25) is 0 Å². The van der Waals surface area contributed by atoms with Gasteiger partial charge in [0.2, 0.25) is 0 Å². The van der Waals surface area contributed by atoms with Crippen molar-refractivity contribution in [3.8, 4) is 28.0 Å². The fourth-order valence-electron chi connectivity index (χ4n) is 4.38. The number of rotatable bonds is 3. The van der Waals surface area contributed by atoms with Crippen LogP contribution in [0.4, 0.5) is 35.1 Å². The molecule has 0 saturated heterocycles. The van der Waals surface area contributed by atoms with Crippen LogP contribution in [0.1, 0.15) is 0 Å². The van der Waals surface area contributed by atoms with Gasteiger partial charge in [0.1, 0.15) is 23.2 Å². The Kier molecular flexibility index (Phi) is 5.58. The van der Waals surface area contributed by atoms with Gasteiger partial charge >= 0.3 is 0 Å². The molecular weight excluding hydrogens is 492 g/mol. The van der Waals surface area contributed by atoms with Crippen LogP contribution in [0.15, 0.2) is 54.6 Å². The van der Waals surface area contributed by atoms with Crippen molar-refractivity contribution < 1.29 is 39.9 Å². The van der Waals surface area contributed by atoms with Crippen LogP contribution in [0.5, 0.6) is 5.75 Å². The Balaban J connectivity index is 2.05. The van der Waals surface area contributed by atoms with Crippen LogP contribution in [0.25, 0.3) is 43.8 Å². The fraction of sp³-hybridized carbons (Fsp3) is 0.0370. The Bertz CT molecular complexity index is 1660. The van der Waals surface area contributed by atoms with Gasteiger partial charge in [-0.2, -0.15) is 0 Å². The summed E-state index contributed by atoms with van der Waals surface area (Å²) in [5.74, 6) is -10.9. The molecule has 0 N–H and O–H groups in total. The van der Waals surface area contributed by atoms with Gasteiger partial charge in [0.15, 0.2) is 29.1 Å². The lowest BCUT2D eigenvalue weighted by Crippen LogP contribution is -1.99. The third kappa shape index (κ3) is 3.62. The molecule has 0 aliphatic heterocycles. The van der Waals surface area contributed by atoms with E-state index in [1.807, 2.05) is 0 Å². The topological polar surface area (TPSA) is 9.23 Å². The summed E-state index contributed by atoms with van der Waals surface area (Å²) < 4.78 is 120. The van der Waals surface area contributed by atoms with Crippen LogP contribution in [0, 0.1) is 46.5 Å². The predicted molar refractivity (Wildman–Crippen MR) is 119 cm³/mol. The Morgan fingerprint density at radius 1 is 0.472 bits per heavy atom. The number of ether oxygens (including phenoxy) is 1. The molecule has 0 aromatic heterocycles. The standard InChI is InChI=1S/C27H12F8O/c1-36-13-7-20(31)26(21(32)8-13)25-14-3-2-12(28)6-15(14)24(11-4-22(33)27(35)23(34)5-11)16-9-18(29)19(30)10-17(16)25/h2-10H,1H3. The van der Waals surface area contributed by atoms with E-state index in [1.54, 1.807) is 0 Å². The van der Waals surface area contributed by atoms with Gasteiger partial charge in [0.25, 0.3) is 0 Å².